The molecule has 0 saturated carbocycles. The number of aromatic nitrogens is 2. The van der Waals surface area contributed by atoms with Crippen LogP contribution in [0.5, 0.6) is 0 Å². The third-order valence-electron chi connectivity index (χ3n) is 3.03. The minimum absolute atomic E-state index is 0. The molecule has 19 heavy (non-hydrogen) atoms. The Balaban J connectivity index is 0.00000180. The molecule has 4 heteroatoms. The number of halogens is 1. The van der Waals surface area contributed by atoms with Gasteiger partial charge in [0.1, 0.15) is 0 Å². The second kappa shape index (κ2) is 7.31. The summed E-state index contributed by atoms with van der Waals surface area (Å²) in [4.78, 5) is 0. The highest BCUT2D eigenvalue weighted by molar-refractivity contribution is 5.85. The average Bonchev–Trinajstić information content (AvgIpc) is 2.73. The summed E-state index contributed by atoms with van der Waals surface area (Å²) in [5, 5.41) is 7.97. The topological polar surface area (TPSA) is 29.9 Å². The number of nitrogens with zero attached hydrogens (tertiary/aromatic N) is 2. The van der Waals surface area contributed by atoms with Crippen LogP contribution in [-0.4, -0.2) is 9.78 Å². The van der Waals surface area contributed by atoms with Gasteiger partial charge < -0.3 is 5.32 Å². The molecule has 0 fully saturated rings. The minimum Gasteiger partial charge on any atom is -0.308 e. The Hall–Kier alpha value is -1.32. The molecule has 0 saturated heterocycles. The Morgan fingerprint density at radius 1 is 1.16 bits per heavy atom. The second-order valence-corrected chi connectivity index (χ2v) is 4.90. The summed E-state index contributed by atoms with van der Waals surface area (Å²) in [7, 11) is 0. The van der Waals surface area contributed by atoms with Crippen molar-refractivity contribution in [2.75, 3.05) is 0 Å². The largest absolute Gasteiger partial charge is 0.308 e. The highest BCUT2D eigenvalue weighted by atomic mass is 35.5. The molecule has 1 aromatic heterocycles. The van der Waals surface area contributed by atoms with Crippen LogP contribution in [0.25, 0.3) is 0 Å². The van der Waals surface area contributed by atoms with E-state index in [9.17, 15) is 0 Å². The molecule has 0 amide bonds. The molecule has 0 atom stereocenters. The molecule has 1 N–H and O–H groups in total. The van der Waals surface area contributed by atoms with E-state index in [1.807, 2.05) is 10.7 Å². The van der Waals surface area contributed by atoms with Gasteiger partial charge in [-0.2, -0.15) is 5.10 Å². The molecule has 0 aliphatic carbocycles. The number of hydrogen-bond acceptors (Lipinski definition) is 2. The molecule has 2 rings (SSSR count). The standard InChI is InChI=1S/C15H21N3.ClH/c1-12(2)18-11-15(13(3)17-18)10-16-9-14-7-5-4-6-8-14;/h4-8,11-12,16H,9-10H2,1-3H3;1H. The molecule has 1 aromatic carbocycles. The van der Waals surface area contributed by atoms with E-state index in [1.165, 1.54) is 11.1 Å². The molecule has 0 unspecified atom stereocenters. The van der Waals surface area contributed by atoms with Gasteiger partial charge in [0.25, 0.3) is 0 Å². The van der Waals surface area contributed by atoms with E-state index in [0.29, 0.717) is 6.04 Å². The number of aryl methyl sites for hydroxylation is 1. The van der Waals surface area contributed by atoms with Crippen molar-refractivity contribution in [2.45, 2.75) is 39.9 Å². The minimum atomic E-state index is 0. The lowest BCUT2D eigenvalue weighted by Crippen LogP contribution is -2.12. The van der Waals surface area contributed by atoms with Gasteiger partial charge in [0, 0.05) is 30.9 Å². The maximum atomic E-state index is 4.51. The van der Waals surface area contributed by atoms with Crippen LogP contribution in [0.2, 0.25) is 0 Å². The SMILES string of the molecule is Cc1nn(C(C)C)cc1CNCc1ccccc1.Cl. The fraction of sp³-hybridized carbons (Fsp3) is 0.400. The Bertz CT molecular complexity index is 491. The first-order valence-electron chi connectivity index (χ1n) is 6.46. The maximum absolute atomic E-state index is 4.51. The van der Waals surface area contributed by atoms with E-state index in [2.05, 4.69) is 61.6 Å². The van der Waals surface area contributed by atoms with Gasteiger partial charge in [-0.1, -0.05) is 30.3 Å². The van der Waals surface area contributed by atoms with Crippen molar-refractivity contribution in [1.82, 2.24) is 15.1 Å². The van der Waals surface area contributed by atoms with Crippen LogP contribution < -0.4 is 5.32 Å². The van der Waals surface area contributed by atoms with Crippen molar-refractivity contribution in [3.63, 3.8) is 0 Å². The van der Waals surface area contributed by atoms with Crippen molar-refractivity contribution >= 4 is 12.4 Å². The Kier molecular flexibility index (Phi) is 6.06. The molecule has 0 bridgehead atoms. The molecule has 104 valence electrons. The van der Waals surface area contributed by atoms with Gasteiger partial charge in [-0.05, 0) is 26.3 Å². The van der Waals surface area contributed by atoms with Crippen LogP contribution in [0.4, 0.5) is 0 Å². The molecule has 0 aliphatic rings. The van der Waals surface area contributed by atoms with Gasteiger partial charge in [-0.3, -0.25) is 4.68 Å². The summed E-state index contributed by atoms with van der Waals surface area (Å²) in [5.41, 5.74) is 3.70. The lowest BCUT2D eigenvalue weighted by Gasteiger charge is -2.04. The van der Waals surface area contributed by atoms with Crippen LogP contribution in [0.3, 0.4) is 0 Å². The molecule has 3 nitrogen and oxygen atoms in total. The summed E-state index contributed by atoms with van der Waals surface area (Å²) in [6.07, 6.45) is 2.14. The molecular formula is C15H22ClN3. The van der Waals surface area contributed by atoms with Gasteiger partial charge in [0.15, 0.2) is 0 Å². The highest BCUT2D eigenvalue weighted by Crippen LogP contribution is 2.10. The average molecular weight is 280 g/mol. The van der Waals surface area contributed by atoms with Crippen molar-refractivity contribution in [3.05, 3.63) is 53.3 Å². The van der Waals surface area contributed by atoms with Gasteiger partial charge >= 0.3 is 0 Å². The molecule has 0 radical (unpaired) electrons. The fourth-order valence-electron chi connectivity index (χ4n) is 1.89. The first kappa shape index (κ1) is 15.7. The Morgan fingerprint density at radius 3 is 2.42 bits per heavy atom. The van der Waals surface area contributed by atoms with Crippen LogP contribution in [0, 0.1) is 6.92 Å². The normalized spacial score (nSPS) is 10.5. The van der Waals surface area contributed by atoms with Crippen LogP contribution in [0.1, 0.15) is 36.7 Å². The van der Waals surface area contributed by atoms with E-state index in [0.717, 1.165) is 18.8 Å². The van der Waals surface area contributed by atoms with Crippen molar-refractivity contribution < 1.29 is 0 Å². The first-order valence-corrected chi connectivity index (χ1v) is 6.46. The zero-order valence-electron chi connectivity index (χ0n) is 11.8. The summed E-state index contributed by atoms with van der Waals surface area (Å²) in [5.74, 6) is 0. The van der Waals surface area contributed by atoms with Crippen molar-refractivity contribution in [3.8, 4) is 0 Å². The Labute approximate surface area is 121 Å². The predicted octanol–water partition coefficient (Wildman–Crippen LogP) is 3.48. The quantitative estimate of drug-likeness (QED) is 0.908. The summed E-state index contributed by atoms with van der Waals surface area (Å²) in [6, 6.07) is 10.9. The monoisotopic (exact) mass is 279 g/mol. The Morgan fingerprint density at radius 2 is 1.84 bits per heavy atom. The summed E-state index contributed by atoms with van der Waals surface area (Å²) >= 11 is 0. The molecule has 0 aliphatic heterocycles. The van der Waals surface area contributed by atoms with E-state index in [-0.39, 0.29) is 12.4 Å². The molecule has 2 aromatic rings. The van der Waals surface area contributed by atoms with Crippen LogP contribution >= 0.6 is 12.4 Å². The predicted molar refractivity (Wildman–Crippen MR) is 81.6 cm³/mol. The lowest BCUT2D eigenvalue weighted by atomic mass is 10.2. The highest BCUT2D eigenvalue weighted by Gasteiger charge is 2.06. The van der Waals surface area contributed by atoms with Gasteiger partial charge in [-0.25, -0.2) is 0 Å². The number of rotatable bonds is 5. The van der Waals surface area contributed by atoms with E-state index < -0.39 is 0 Å². The first-order chi connectivity index (χ1) is 8.66. The summed E-state index contributed by atoms with van der Waals surface area (Å²) in [6.45, 7) is 8.13. The van der Waals surface area contributed by atoms with E-state index in [1.54, 1.807) is 0 Å². The zero-order valence-corrected chi connectivity index (χ0v) is 12.6. The molecular weight excluding hydrogens is 258 g/mol. The second-order valence-electron chi connectivity index (χ2n) is 4.90. The van der Waals surface area contributed by atoms with E-state index in [4.69, 9.17) is 0 Å². The molecule has 1 heterocycles. The summed E-state index contributed by atoms with van der Waals surface area (Å²) < 4.78 is 2.02. The van der Waals surface area contributed by atoms with Gasteiger partial charge in [0.2, 0.25) is 0 Å². The fourth-order valence-corrected chi connectivity index (χ4v) is 1.89. The van der Waals surface area contributed by atoms with E-state index >= 15 is 0 Å². The molecule has 0 spiro atoms. The van der Waals surface area contributed by atoms with Crippen molar-refractivity contribution in [2.24, 2.45) is 0 Å². The number of nitrogens with one attached hydrogen (secondary N) is 1. The van der Waals surface area contributed by atoms with Gasteiger partial charge in [-0.15, -0.1) is 12.4 Å². The smallest absolute Gasteiger partial charge is 0.0638 e. The number of hydrogen-bond donors (Lipinski definition) is 1. The third kappa shape index (κ3) is 4.37. The van der Waals surface area contributed by atoms with Crippen LogP contribution in [-0.2, 0) is 13.1 Å². The third-order valence-corrected chi connectivity index (χ3v) is 3.03. The van der Waals surface area contributed by atoms with Crippen LogP contribution in [0.15, 0.2) is 36.5 Å². The van der Waals surface area contributed by atoms with Crippen molar-refractivity contribution in [1.29, 1.82) is 0 Å². The zero-order chi connectivity index (χ0) is 13.0. The number of benzene rings is 1. The maximum Gasteiger partial charge on any atom is 0.0638 e. The lowest BCUT2D eigenvalue weighted by molar-refractivity contribution is 0.528. The van der Waals surface area contributed by atoms with Gasteiger partial charge in [0.05, 0.1) is 5.69 Å².